The maximum absolute atomic E-state index is 12.3. The molecule has 0 bridgehead atoms. The third-order valence-electron chi connectivity index (χ3n) is 4.32. The highest BCUT2D eigenvalue weighted by molar-refractivity contribution is 8.14. The van der Waals surface area contributed by atoms with E-state index >= 15 is 0 Å². The van der Waals surface area contributed by atoms with E-state index in [0.717, 1.165) is 24.6 Å². The van der Waals surface area contributed by atoms with Crippen LogP contribution >= 0.6 is 11.8 Å². The smallest absolute Gasteiger partial charge is 0.252 e. The summed E-state index contributed by atoms with van der Waals surface area (Å²) in [5.74, 6) is 0.258. The van der Waals surface area contributed by atoms with Crippen molar-refractivity contribution in [2.75, 3.05) is 6.54 Å². The van der Waals surface area contributed by atoms with Crippen molar-refractivity contribution in [1.29, 1.82) is 0 Å². The van der Waals surface area contributed by atoms with Gasteiger partial charge in [-0.3, -0.25) is 4.79 Å². The van der Waals surface area contributed by atoms with Crippen LogP contribution in [0.5, 0.6) is 0 Å². The molecule has 1 fully saturated rings. The van der Waals surface area contributed by atoms with E-state index in [4.69, 9.17) is 0 Å². The first-order valence-corrected chi connectivity index (χ1v) is 8.28. The summed E-state index contributed by atoms with van der Waals surface area (Å²) in [5, 5.41) is 1.39. The normalized spacial score (nSPS) is 30.0. The molecule has 1 amide bonds. The number of fused-ring (bicyclic) bond motifs is 1. The lowest BCUT2D eigenvalue weighted by molar-refractivity contribution is -0.123. The van der Waals surface area contributed by atoms with Crippen LogP contribution in [-0.2, 0) is 4.79 Å². The molecule has 1 saturated carbocycles. The van der Waals surface area contributed by atoms with E-state index in [1.54, 1.807) is 0 Å². The van der Waals surface area contributed by atoms with Crippen molar-refractivity contribution in [3.63, 3.8) is 0 Å². The fourth-order valence-corrected chi connectivity index (χ4v) is 4.64. The second kappa shape index (κ2) is 5.47. The molecule has 0 aromatic carbocycles. The van der Waals surface area contributed by atoms with Gasteiger partial charge in [0.25, 0.3) is 5.91 Å². The Morgan fingerprint density at radius 3 is 2.74 bits per heavy atom. The number of nitrogens with zero attached hydrogens (tertiary/aromatic N) is 2. The molecule has 0 aromatic heterocycles. The van der Waals surface area contributed by atoms with Crippen molar-refractivity contribution >= 4 is 22.8 Å². The molecule has 1 aliphatic heterocycles. The van der Waals surface area contributed by atoms with E-state index in [2.05, 4.69) is 44.5 Å². The van der Waals surface area contributed by atoms with Crippen LogP contribution in [0.15, 0.2) is 4.99 Å². The maximum atomic E-state index is 12.3. The molecular weight excluding hydrogens is 256 g/mol. The Kier molecular flexibility index (Phi) is 4.29. The Labute approximate surface area is 121 Å². The average molecular weight is 282 g/mol. The van der Waals surface area contributed by atoms with Crippen LogP contribution in [0.4, 0.5) is 0 Å². The minimum Gasteiger partial charge on any atom is -0.349 e. The van der Waals surface area contributed by atoms with E-state index in [9.17, 15) is 4.79 Å². The summed E-state index contributed by atoms with van der Waals surface area (Å²) in [6, 6.07) is 0.403. The molecule has 2 unspecified atom stereocenters. The minimum absolute atomic E-state index is 0.116. The molecule has 19 heavy (non-hydrogen) atoms. The maximum Gasteiger partial charge on any atom is 0.252 e. The summed E-state index contributed by atoms with van der Waals surface area (Å²) in [6.07, 6.45) is 3.35. The van der Waals surface area contributed by atoms with Gasteiger partial charge >= 0.3 is 0 Å². The molecular formula is C15H26N2OS. The molecule has 1 aliphatic carbocycles. The third kappa shape index (κ3) is 3.15. The van der Waals surface area contributed by atoms with E-state index in [-0.39, 0.29) is 11.8 Å². The average Bonchev–Trinajstić information content (AvgIpc) is 2.30. The van der Waals surface area contributed by atoms with Gasteiger partial charge in [0.2, 0.25) is 0 Å². The Balaban J connectivity index is 2.18. The minimum atomic E-state index is 0.116. The van der Waals surface area contributed by atoms with Crippen molar-refractivity contribution in [3.05, 3.63) is 0 Å². The highest BCUT2D eigenvalue weighted by Crippen LogP contribution is 2.46. The van der Waals surface area contributed by atoms with Crippen LogP contribution in [0.25, 0.3) is 0 Å². The van der Waals surface area contributed by atoms with Crippen LogP contribution in [0.2, 0.25) is 0 Å². The number of rotatable bonds is 2. The predicted octanol–water partition coefficient (Wildman–Crippen LogP) is 3.54. The fourth-order valence-electron chi connectivity index (χ4n) is 3.14. The lowest BCUT2D eigenvalue weighted by atomic mass is 9.71. The van der Waals surface area contributed by atoms with Crippen molar-refractivity contribution in [2.24, 2.45) is 16.3 Å². The van der Waals surface area contributed by atoms with Crippen LogP contribution < -0.4 is 0 Å². The zero-order valence-electron chi connectivity index (χ0n) is 12.8. The molecule has 0 spiro atoms. The number of thioether (sulfide) groups is 1. The fraction of sp³-hybridized carbons (Fsp3) is 0.867. The summed E-state index contributed by atoms with van der Waals surface area (Å²) in [6.45, 7) is 11.9. The number of amidine groups is 1. The van der Waals surface area contributed by atoms with Gasteiger partial charge in [-0.05, 0) is 45.4 Å². The number of aliphatic imine (C=N–C) groups is 1. The van der Waals surface area contributed by atoms with E-state index in [1.807, 2.05) is 11.8 Å². The summed E-state index contributed by atoms with van der Waals surface area (Å²) in [5.41, 5.74) is 0.299. The highest BCUT2D eigenvalue weighted by atomic mass is 32.2. The van der Waals surface area contributed by atoms with Crippen molar-refractivity contribution < 1.29 is 4.79 Å². The first-order valence-electron chi connectivity index (χ1n) is 7.40. The van der Waals surface area contributed by atoms with Gasteiger partial charge in [-0.15, -0.1) is 0 Å². The largest absolute Gasteiger partial charge is 0.349 e. The molecule has 2 atom stereocenters. The quantitative estimate of drug-likeness (QED) is 0.776. The van der Waals surface area contributed by atoms with Gasteiger partial charge in [-0.25, -0.2) is 0 Å². The second-order valence-corrected chi connectivity index (χ2v) is 7.99. The van der Waals surface area contributed by atoms with Gasteiger partial charge in [0.05, 0.1) is 5.92 Å². The molecule has 108 valence electrons. The van der Waals surface area contributed by atoms with Crippen LogP contribution in [-0.4, -0.2) is 33.8 Å². The molecule has 3 nitrogen and oxygen atoms in total. The predicted molar refractivity (Wildman–Crippen MR) is 82.5 cm³/mol. The molecule has 2 aliphatic rings. The molecule has 2 rings (SSSR count). The number of hydrogen-bond donors (Lipinski definition) is 0. The summed E-state index contributed by atoms with van der Waals surface area (Å²) in [7, 11) is 0. The zero-order chi connectivity index (χ0) is 14.2. The highest BCUT2D eigenvalue weighted by Gasteiger charge is 2.43. The molecule has 0 saturated heterocycles. The third-order valence-corrected chi connectivity index (χ3v) is 5.72. The monoisotopic (exact) mass is 282 g/mol. The van der Waals surface area contributed by atoms with Gasteiger partial charge in [0.1, 0.15) is 0 Å². The lowest BCUT2D eigenvalue weighted by Crippen LogP contribution is -2.44. The number of carbonyl (C=O) groups is 1. The standard InChI is InChI=1S/C15H26N2OS/c1-6-17(10(2)3)14-16-13(18)11-9-15(4,5)8-7-12(11)19-14/h10-12H,6-9H2,1-5H3. The van der Waals surface area contributed by atoms with E-state index in [0.29, 0.717) is 16.7 Å². The van der Waals surface area contributed by atoms with Gasteiger partial charge < -0.3 is 4.90 Å². The van der Waals surface area contributed by atoms with E-state index < -0.39 is 0 Å². The van der Waals surface area contributed by atoms with Gasteiger partial charge in [0.15, 0.2) is 5.17 Å². The van der Waals surface area contributed by atoms with Gasteiger partial charge in [-0.1, -0.05) is 25.6 Å². The van der Waals surface area contributed by atoms with Crippen LogP contribution in [0.1, 0.15) is 53.9 Å². The Morgan fingerprint density at radius 1 is 1.47 bits per heavy atom. The van der Waals surface area contributed by atoms with Crippen LogP contribution in [0.3, 0.4) is 0 Å². The number of carbonyl (C=O) groups excluding carboxylic acids is 1. The molecule has 4 heteroatoms. The van der Waals surface area contributed by atoms with E-state index in [1.165, 1.54) is 6.42 Å². The van der Waals surface area contributed by atoms with Gasteiger partial charge in [0, 0.05) is 17.8 Å². The Morgan fingerprint density at radius 2 is 2.16 bits per heavy atom. The Hall–Kier alpha value is -0.510. The van der Waals surface area contributed by atoms with Crippen molar-refractivity contribution in [2.45, 2.75) is 65.2 Å². The summed E-state index contributed by atoms with van der Waals surface area (Å²) in [4.78, 5) is 19.0. The van der Waals surface area contributed by atoms with Crippen molar-refractivity contribution in [1.82, 2.24) is 4.90 Å². The van der Waals surface area contributed by atoms with Crippen LogP contribution in [0, 0.1) is 11.3 Å². The van der Waals surface area contributed by atoms with Gasteiger partial charge in [-0.2, -0.15) is 4.99 Å². The molecule has 0 N–H and O–H groups in total. The molecule has 0 aromatic rings. The first kappa shape index (κ1) is 14.9. The van der Waals surface area contributed by atoms with Crippen molar-refractivity contribution in [3.8, 4) is 0 Å². The number of amides is 1. The lowest BCUT2D eigenvalue weighted by Gasteiger charge is -2.42. The SMILES string of the molecule is CCN(C1=NC(=O)C2CC(C)(C)CCC2S1)C(C)C. The topological polar surface area (TPSA) is 32.7 Å². The number of hydrogen-bond acceptors (Lipinski definition) is 3. The Bertz CT molecular complexity index is 390. The first-order chi connectivity index (χ1) is 8.84. The second-order valence-electron chi connectivity index (χ2n) is 6.78. The summed E-state index contributed by atoms with van der Waals surface area (Å²) < 4.78 is 0. The zero-order valence-corrected chi connectivity index (χ0v) is 13.6. The summed E-state index contributed by atoms with van der Waals surface area (Å²) >= 11 is 1.84. The molecule has 1 heterocycles. The molecule has 0 radical (unpaired) electrons.